The molecule has 2 rings (SSSR count). The Bertz CT molecular complexity index is 430. The second-order valence-corrected chi connectivity index (χ2v) is 6.02. The lowest BCUT2D eigenvalue weighted by Crippen LogP contribution is -2.31. The first kappa shape index (κ1) is 15.5. The molecule has 2 heteroatoms. The Morgan fingerprint density at radius 3 is 2.15 bits per heavy atom. The van der Waals surface area contributed by atoms with Crippen molar-refractivity contribution in [1.82, 2.24) is 0 Å². The van der Waals surface area contributed by atoms with E-state index in [4.69, 9.17) is 10.5 Å². The van der Waals surface area contributed by atoms with Crippen LogP contribution in [0.2, 0.25) is 0 Å². The lowest BCUT2D eigenvalue weighted by molar-refractivity contribution is 0.0720. The van der Waals surface area contributed by atoms with Crippen molar-refractivity contribution in [3.05, 3.63) is 34.4 Å². The molecule has 1 saturated heterocycles. The molecule has 0 amide bonds. The van der Waals surface area contributed by atoms with Crippen LogP contribution in [0.15, 0.2) is 12.1 Å². The van der Waals surface area contributed by atoms with Crippen molar-refractivity contribution in [3.63, 3.8) is 0 Å². The summed E-state index contributed by atoms with van der Waals surface area (Å²) in [7, 11) is 0. The molecule has 1 aliphatic rings. The average molecular weight is 275 g/mol. The van der Waals surface area contributed by atoms with Crippen LogP contribution in [-0.4, -0.2) is 12.7 Å². The van der Waals surface area contributed by atoms with Crippen LogP contribution in [0.1, 0.15) is 62.4 Å². The standard InChI is InChI=1S/C18H29NO/c1-5-13-10-14(6-2)16(15(7-3)11-13)17(19)18-12(4)8-9-20-18/h10-12,17-18H,5-9,19H2,1-4H3. The Morgan fingerprint density at radius 2 is 1.75 bits per heavy atom. The second-order valence-electron chi connectivity index (χ2n) is 6.02. The highest BCUT2D eigenvalue weighted by Crippen LogP contribution is 2.34. The first-order chi connectivity index (χ1) is 9.62. The van der Waals surface area contributed by atoms with Gasteiger partial charge in [0.25, 0.3) is 0 Å². The van der Waals surface area contributed by atoms with Gasteiger partial charge >= 0.3 is 0 Å². The summed E-state index contributed by atoms with van der Waals surface area (Å²) >= 11 is 0. The maximum absolute atomic E-state index is 6.61. The lowest BCUT2D eigenvalue weighted by Gasteiger charge is -2.27. The van der Waals surface area contributed by atoms with Crippen LogP contribution in [-0.2, 0) is 24.0 Å². The van der Waals surface area contributed by atoms with Gasteiger partial charge in [0, 0.05) is 6.61 Å². The smallest absolute Gasteiger partial charge is 0.0794 e. The summed E-state index contributed by atoms with van der Waals surface area (Å²) in [5.74, 6) is 0.560. The lowest BCUT2D eigenvalue weighted by atomic mass is 9.84. The molecule has 1 aliphatic heterocycles. The largest absolute Gasteiger partial charge is 0.376 e. The van der Waals surface area contributed by atoms with E-state index >= 15 is 0 Å². The van der Waals surface area contributed by atoms with E-state index in [0.717, 1.165) is 32.3 Å². The van der Waals surface area contributed by atoms with Crippen LogP contribution in [0.5, 0.6) is 0 Å². The monoisotopic (exact) mass is 275 g/mol. The molecule has 1 heterocycles. The van der Waals surface area contributed by atoms with Crippen molar-refractivity contribution in [3.8, 4) is 0 Å². The van der Waals surface area contributed by atoms with Crippen molar-refractivity contribution in [2.24, 2.45) is 11.7 Å². The molecule has 0 bridgehead atoms. The molecular formula is C18H29NO. The first-order valence-electron chi connectivity index (χ1n) is 8.14. The number of nitrogens with two attached hydrogens (primary N) is 1. The summed E-state index contributed by atoms with van der Waals surface area (Å²) in [6.45, 7) is 9.79. The van der Waals surface area contributed by atoms with Gasteiger partial charge in [0.2, 0.25) is 0 Å². The molecule has 0 radical (unpaired) electrons. The normalized spacial score (nSPS) is 24.1. The zero-order valence-corrected chi connectivity index (χ0v) is 13.4. The van der Waals surface area contributed by atoms with Gasteiger partial charge < -0.3 is 10.5 Å². The van der Waals surface area contributed by atoms with Crippen LogP contribution in [0.25, 0.3) is 0 Å². The third-order valence-corrected chi connectivity index (χ3v) is 4.71. The minimum atomic E-state index is 0.0170. The minimum absolute atomic E-state index is 0.0170. The highest BCUT2D eigenvalue weighted by molar-refractivity contribution is 5.42. The summed E-state index contributed by atoms with van der Waals surface area (Å²) in [6.07, 6.45) is 4.49. The van der Waals surface area contributed by atoms with Crippen LogP contribution < -0.4 is 5.73 Å². The molecule has 0 aliphatic carbocycles. The minimum Gasteiger partial charge on any atom is -0.376 e. The zero-order chi connectivity index (χ0) is 14.7. The maximum Gasteiger partial charge on any atom is 0.0794 e. The summed E-state index contributed by atoms with van der Waals surface area (Å²) in [6, 6.07) is 4.70. The van der Waals surface area contributed by atoms with Gasteiger partial charge in [-0.2, -0.15) is 0 Å². The molecular weight excluding hydrogens is 246 g/mol. The van der Waals surface area contributed by atoms with Gasteiger partial charge in [0.05, 0.1) is 12.1 Å². The number of benzene rings is 1. The molecule has 1 aromatic rings. The van der Waals surface area contributed by atoms with Gasteiger partial charge in [0.15, 0.2) is 0 Å². The van der Waals surface area contributed by atoms with Crippen molar-refractivity contribution >= 4 is 0 Å². The third-order valence-electron chi connectivity index (χ3n) is 4.71. The van der Waals surface area contributed by atoms with E-state index in [1.54, 1.807) is 0 Å². The van der Waals surface area contributed by atoms with Crippen LogP contribution in [0, 0.1) is 5.92 Å². The summed E-state index contributed by atoms with van der Waals surface area (Å²) < 4.78 is 5.91. The van der Waals surface area contributed by atoms with Crippen LogP contribution in [0.3, 0.4) is 0 Å². The van der Waals surface area contributed by atoms with E-state index in [2.05, 4.69) is 39.8 Å². The Hall–Kier alpha value is -0.860. The fourth-order valence-electron chi connectivity index (χ4n) is 3.41. The van der Waals surface area contributed by atoms with Gasteiger partial charge in [-0.25, -0.2) is 0 Å². The van der Waals surface area contributed by atoms with Crippen molar-refractivity contribution in [2.75, 3.05) is 6.61 Å². The van der Waals surface area contributed by atoms with E-state index < -0.39 is 0 Å². The number of aryl methyl sites for hydroxylation is 3. The number of rotatable bonds is 5. The highest BCUT2D eigenvalue weighted by atomic mass is 16.5. The Labute approximate surface area is 123 Å². The Morgan fingerprint density at radius 1 is 1.15 bits per heavy atom. The molecule has 2 N–H and O–H groups in total. The quantitative estimate of drug-likeness (QED) is 0.887. The predicted molar refractivity (Wildman–Crippen MR) is 85.0 cm³/mol. The second kappa shape index (κ2) is 6.73. The molecule has 20 heavy (non-hydrogen) atoms. The molecule has 1 aromatic carbocycles. The summed E-state index contributed by atoms with van der Waals surface area (Å²) in [4.78, 5) is 0. The summed E-state index contributed by atoms with van der Waals surface area (Å²) in [5, 5.41) is 0. The highest BCUT2D eigenvalue weighted by Gasteiger charge is 2.32. The predicted octanol–water partition coefficient (Wildman–Crippen LogP) is 3.80. The molecule has 0 spiro atoms. The zero-order valence-electron chi connectivity index (χ0n) is 13.4. The van der Waals surface area contributed by atoms with Crippen LogP contribution in [0.4, 0.5) is 0 Å². The fraction of sp³-hybridized carbons (Fsp3) is 0.667. The van der Waals surface area contributed by atoms with E-state index in [1.165, 1.54) is 22.3 Å². The number of ether oxygens (including phenoxy) is 1. The molecule has 0 aromatic heterocycles. The molecule has 0 saturated carbocycles. The number of hydrogen-bond donors (Lipinski definition) is 1. The van der Waals surface area contributed by atoms with Crippen LogP contribution >= 0.6 is 0 Å². The summed E-state index contributed by atoms with van der Waals surface area (Å²) in [5.41, 5.74) is 12.2. The number of hydrogen-bond acceptors (Lipinski definition) is 2. The average Bonchev–Trinajstić information content (AvgIpc) is 2.91. The van der Waals surface area contributed by atoms with Gasteiger partial charge in [-0.05, 0) is 53.9 Å². The van der Waals surface area contributed by atoms with Crippen molar-refractivity contribution in [2.45, 2.75) is 65.5 Å². The van der Waals surface area contributed by atoms with Gasteiger partial charge in [-0.1, -0.05) is 39.8 Å². The third kappa shape index (κ3) is 2.91. The maximum atomic E-state index is 6.61. The van der Waals surface area contributed by atoms with Gasteiger partial charge in [-0.15, -0.1) is 0 Å². The van der Waals surface area contributed by atoms with Gasteiger partial charge in [-0.3, -0.25) is 0 Å². The van der Waals surface area contributed by atoms with Crippen molar-refractivity contribution < 1.29 is 4.74 Å². The Kier molecular flexibility index (Phi) is 5.22. The fourth-order valence-corrected chi connectivity index (χ4v) is 3.41. The van der Waals surface area contributed by atoms with Gasteiger partial charge in [0.1, 0.15) is 0 Å². The SMILES string of the molecule is CCc1cc(CC)c(C(N)C2OCCC2C)c(CC)c1. The Balaban J connectivity index is 2.42. The van der Waals surface area contributed by atoms with E-state index in [-0.39, 0.29) is 12.1 Å². The van der Waals surface area contributed by atoms with E-state index in [1.807, 2.05) is 0 Å². The van der Waals surface area contributed by atoms with E-state index in [0.29, 0.717) is 5.92 Å². The molecule has 3 atom stereocenters. The topological polar surface area (TPSA) is 35.2 Å². The molecule has 112 valence electrons. The molecule has 2 nitrogen and oxygen atoms in total. The first-order valence-corrected chi connectivity index (χ1v) is 8.14. The molecule has 1 fully saturated rings. The van der Waals surface area contributed by atoms with E-state index in [9.17, 15) is 0 Å². The molecule has 3 unspecified atom stereocenters. The van der Waals surface area contributed by atoms with Crippen molar-refractivity contribution in [1.29, 1.82) is 0 Å².